The number of carbonyl (C=O) groups is 2. The summed E-state index contributed by atoms with van der Waals surface area (Å²) in [6.45, 7) is 8.78. The second kappa shape index (κ2) is 27.8. The molecule has 0 amide bonds. The quantitative estimate of drug-likeness (QED) is 0.0430. The minimum atomic E-state index is -0.105. The number of aryl methyl sites for hydroxylation is 4. The van der Waals surface area contributed by atoms with Crippen LogP contribution in [0.4, 0.5) is 0 Å². The zero-order chi connectivity index (χ0) is 51.8. The number of oxime groups is 2. The van der Waals surface area contributed by atoms with Crippen molar-refractivity contribution in [1.29, 1.82) is 0 Å². The Morgan fingerprint density at radius 2 is 1.04 bits per heavy atom. The Hall–Kier alpha value is -9.08. The van der Waals surface area contributed by atoms with Crippen molar-refractivity contribution < 1.29 is 33.6 Å². The van der Waals surface area contributed by atoms with Crippen LogP contribution in [-0.4, -0.2) is 77.8 Å². The van der Waals surface area contributed by atoms with Crippen molar-refractivity contribution in [2.45, 2.75) is 34.6 Å². The Kier molecular flexibility index (Phi) is 20.8. The van der Waals surface area contributed by atoms with Crippen LogP contribution >= 0.6 is 11.6 Å². The summed E-state index contributed by atoms with van der Waals surface area (Å²) in [6, 6.07) is 49.4. The topological polar surface area (TPSA) is 206 Å². The van der Waals surface area contributed by atoms with Gasteiger partial charge in [0.25, 0.3) is 0 Å². The van der Waals surface area contributed by atoms with Gasteiger partial charge in [0.05, 0.1) is 28.6 Å². The van der Waals surface area contributed by atoms with Crippen LogP contribution in [0.2, 0.25) is 0 Å². The fraction of sp³-hybridized carbons (Fsp3) is 0.125. The SMILES string of the molecule is CC(=O)c1c(-c2ccccc2)noc1C.Cc1nccc(-c2c(-c3ccccc3)noc2C)n1.Cc1onc(-c2ccccc2)c1C(=O)/C=C/N(C)C.O/N=C(\Cl)c1ccccc1.O/N=C/c1ccccc1. The minimum Gasteiger partial charge on any atom is -0.411 e. The molecule has 5 aromatic carbocycles. The molecule has 15 nitrogen and oxygen atoms in total. The lowest BCUT2D eigenvalue weighted by atomic mass is 10.0. The number of carbonyl (C=O) groups excluding carboxylic acids is 2. The Bertz CT molecular complexity index is 3170. The van der Waals surface area contributed by atoms with Gasteiger partial charge in [-0.3, -0.25) is 9.59 Å². The maximum absolute atomic E-state index is 12.2. The molecule has 4 aromatic heterocycles. The predicted molar refractivity (Wildman–Crippen MR) is 279 cm³/mol. The van der Waals surface area contributed by atoms with Gasteiger partial charge in [0, 0.05) is 54.8 Å². The normalized spacial score (nSPS) is 10.7. The van der Waals surface area contributed by atoms with Gasteiger partial charge in [0.2, 0.25) is 0 Å². The van der Waals surface area contributed by atoms with E-state index in [-0.39, 0.29) is 16.7 Å². The molecule has 0 spiro atoms. The van der Waals surface area contributed by atoms with E-state index in [1.165, 1.54) is 19.2 Å². The van der Waals surface area contributed by atoms with E-state index in [0.717, 1.165) is 50.8 Å². The van der Waals surface area contributed by atoms with Gasteiger partial charge in [-0.25, -0.2) is 9.97 Å². The summed E-state index contributed by atoms with van der Waals surface area (Å²) in [7, 11) is 3.73. The molecule has 4 heterocycles. The van der Waals surface area contributed by atoms with Crippen molar-refractivity contribution in [2.24, 2.45) is 10.3 Å². The van der Waals surface area contributed by atoms with Crippen LogP contribution in [0.1, 0.15) is 61.9 Å². The molecule has 0 aliphatic heterocycles. The molecule has 9 rings (SSSR count). The Morgan fingerprint density at radius 3 is 1.51 bits per heavy atom. The number of allylic oxidation sites excluding steroid dienone is 1. The number of halogens is 1. The van der Waals surface area contributed by atoms with Crippen molar-refractivity contribution in [2.75, 3.05) is 14.1 Å². The van der Waals surface area contributed by atoms with E-state index in [0.29, 0.717) is 39.6 Å². The van der Waals surface area contributed by atoms with Gasteiger partial charge in [-0.15, -0.1) is 0 Å². The molecule has 0 unspecified atom stereocenters. The summed E-state index contributed by atoms with van der Waals surface area (Å²) in [5.41, 5.74) is 9.30. The molecule has 0 saturated carbocycles. The predicted octanol–water partition coefficient (Wildman–Crippen LogP) is 12.7. The molecule has 0 radical (unpaired) electrons. The first-order valence-corrected chi connectivity index (χ1v) is 22.6. The summed E-state index contributed by atoms with van der Waals surface area (Å²) < 4.78 is 15.5. The number of rotatable bonds is 10. The van der Waals surface area contributed by atoms with Gasteiger partial charge >= 0.3 is 0 Å². The monoisotopic (exact) mass is 984 g/mol. The van der Waals surface area contributed by atoms with Crippen molar-refractivity contribution in [3.8, 4) is 45.0 Å². The molecule has 0 atom stereocenters. The van der Waals surface area contributed by atoms with Crippen LogP contribution in [0.25, 0.3) is 45.0 Å². The Balaban J connectivity index is 0.000000172. The van der Waals surface area contributed by atoms with Crippen LogP contribution in [0.15, 0.2) is 200 Å². The highest BCUT2D eigenvalue weighted by Crippen LogP contribution is 2.33. The van der Waals surface area contributed by atoms with Crippen LogP contribution in [-0.2, 0) is 0 Å². The molecule has 366 valence electrons. The van der Waals surface area contributed by atoms with Crippen molar-refractivity contribution in [1.82, 2.24) is 30.3 Å². The number of benzene rings is 5. The summed E-state index contributed by atoms with van der Waals surface area (Å²) in [5, 5.41) is 34.2. The standard InChI is InChI=1S/C15H13N3O.C15H16N2O2.C12H11NO2.C7H6ClNO.C7H7NO/c1-10-14(13-8-9-16-11(2)17-13)15(18-19-10)12-6-4-3-5-7-12;1-11-14(13(18)9-10-17(2)3)15(16-19-11)12-7-5-4-6-8-12;1-8(14)11-9(2)15-13-12(11)10-6-4-3-5-7-10;8-7(9-10)6-4-2-1-3-5-6;9-8-6-7-4-2-1-3-5-7/h3-9H,1-2H3;4-10H,1-3H3;3-7H,1-2H3;1-5,10H;1-6,9H/b;10-9+;;9-7-;8-6+. The molecular weight excluding hydrogens is 932 g/mol. The number of aromatic nitrogens is 5. The number of hydrogen-bond acceptors (Lipinski definition) is 15. The highest BCUT2D eigenvalue weighted by atomic mass is 35.5. The summed E-state index contributed by atoms with van der Waals surface area (Å²) >= 11 is 5.49. The summed E-state index contributed by atoms with van der Waals surface area (Å²) in [6.07, 6.45) is 6.37. The lowest BCUT2D eigenvalue weighted by Gasteiger charge is -2.03. The second-order valence-corrected chi connectivity index (χ2v) is 15.9. The van der Waals surface area contributed by atoms with Crippen molar-refractivity contribution in [3.05, 3.63) is 222 Å². The Labute approximate surface area is 422 Å². The molecule has 72 heavy (non-hydrogen) atoms. The molecule has 0 aliphatic rings. The first-order valence-electron chi connectivity index (χ1n) is 22.2. The van der Waals surface area contributed by atoms with Crippen LogP contribution < -0.4 is 0 Å². The van der Waals surface area contributed by atoms with E-state index < -0.39 is 0 Å². The first-order chi connectivity index (χ1) is 34.8. The molecule has 0 fully saturated rings. The summed E-state index contributed by atoms with van der Waals surface area (Å²) in [5.74, 6) is 2.47. The van der Waals surface area contributed by atoms with Crippen molar-refractivity contribution in [3.63, 3.8) is 0 Å². The van der Waals surface area contributed by atoms with Crippen LogP contribution in [0.5, 0.6) is 0 Å². The van der Waals surface area contributed by atoms with E-state index in [9.17, 15) is 9.59 Å². The fourth-order valence-electron chi connectivity index (χ4n) is 6.64. The molecule has 16 heteroatoms. The van der Waals surface area contributed by atoms with Gasteiger partial charge < -0.3 is 28.9 Å². The third-order valence-corrected chi connectivity index (χ3v) is 10.3. The smallest absolute Gasteiger partial charge is 0.193 e. The third-order valence-electron chi connectivity index (χ3n) is 9.99. The maximum Gasteiger partial charge on any atom is 0.193 e. The molecule has 0 aliphatic carbocycles. The highest BCUT2D eigenvalue weighted by molar-refractivity contribution is 6.69. The van der Waals surface area contributed by atoms with Gasteiger partial charge in [-0.2, -0.15) is 0 Å². The zero-order valence-corrected chi connectivity index (χ0v) is 41.5. The number of ketones is 2. The first kappa shape index (κ1) is 53.9. The highest BCUT2D eigenvalue weighted by Gasteiger charge is 2.21. The lowest BCUT2D eigenvalue weighted by Crippen LogP contribution is -2.04. The van der Waals surface area contributed by atoms with E-state index >= 15 is 0 Å². The van der Waals surface area contributed by atoms with E-state index in [2.05, 4.69) is 35.7 Å². The van der Waals surface area contributed by atoms with E-state index in [1.807, 2.05) is 178 Å². The molecule has 9 aromatic rings. The van der Waals surface area contributed by atoms with E-state index in [1.54, 1.807) is 38.4 Å². The largest absolute Gasteiger partial charge is 0.411 e. The van der Waals surface area contributed by atoms with E-state index in [4.69, 9.17) is 35.6 Å². The van der Waals surface area contributed by atoms with Crippen LogP contribution in [0, 0.1) is 27.7 Å². The Morgan fingerprint density at radius 1 is 0.597 bits per heavy atom. The second-order valence-electron chi connectivity index (χ2n) is 15.6. The molecular formula is C56H53ClN8O7. The lowest BCUT2D eigenvalue weighted by molar-refractivity contribution is 0.101. The molecule has 0 saturated heterocycles. The number of Topliss-reactive ketones (excluding diaryl/α,β-unsaturated/α-hetero) is 1. The minimum absolute atomic E-state index is 0.0207. The van der Waals surface area contributed by atoms with Gasteiger partial charge in [0.1, 0.15) is 40.2 Å². The van der Waals surface area contributed by atoms with Gasteiger partial charge in [-0.05, 0) is 46.2 Å². The average molecular weight is 986 g/mol. The summed E-state index contributed by atoms with van der Waals surface area (Å²) in [4.78, 5) is 34.0. The number of hydrogen-bond donors (Lipinski definition) is 2. The maximum atomic E-state index is 12.2. The molecule has 2 N–H and O–H groups in total. The zero-order valence-electron chi connectivity index (χ0n) is 40.7. The third kappa shape index (κ3) is 15.7. The number of nitrogens with zero attached hydrogens (tertiary/aromatic N) is 8. The van der Waals surface area contributed by atoms with Gasteiger partial charge in [-0.1, -0.05) is 189 Å². The average Bonchev–Trinajstić information content (AvgIpc) is 4.13. The van der Waals surface area contributed by atoms with Gasteiger partial charge in [0.15, 0.2) is 16.7 Å². The van der Waals surface area contributed by atoms with Crippen LogP contribution in [0.3, 0.4) is 0 Å². The molecule has 0 bridgehead atoms. The van der Waals surface area contributed by atoms with Crippen molar-refractivity contribution >= 4 is 34.6 Å². The fourth-order valence-corrected chi connectivity index (χ4v) is 6.76.